The Labute approximate surface area is 123 Å². The van der Waals surface area contributed by atoms with Gasteiger partial charge in [0.1, 0.15) is 0 Å². The number of hydrogen-bond acceptors (Lipinski definition) is 3. The van der Waals surface area contributed by atoms with Crippen molar-refractivity contribution in [2.24, 2.45) is 5.73 Å². The molecule has 0 amide bonds. The first kappa shape index (κ1) is 14.5. The molecule has 2 atom stereocenters. The van der Waals surface area contributed by atoms with E-state index in [1.165, 1.54) is 46.5 Å². The number of piperidine rings is 1. The molecule has 0 saturated carbocycles. The molecule has 1 aliphatic heterocycles. The molecule has 2 N–H and O–H groups in total. The van der Waals surface area contributed by atoms with Crippen molar-refractivity contribution >= 4 is 27.3 Å². The lowest BCUT2D eigenvalue weighted by molar-refractivity contribution is 0.0966. The fraction of sp³-hybridized carbons (Fsp3) is 0.714. The maximum absolute atomic E-state index is 6.06. The average Bonchev–Trinajstić information content (AvgIpc) is 2.71. The second kappa shape index (κ2) is 6.51. The van der Waals surface area contributed by atoms with E-state index in [-0.39, 0.29) is 0 Å². The van der Waals surface area contributed by atoms with Crippen molar-refractivity contribution in [3.63, 3.8) is 0 Å². The third kappa shape index (κ3) is 2.98. The lowest BCUT2D eigenvalue weighted by Crippen LogP contribution is -2.43. The van der Waals surface area contributed by atoms with Gasteiger partial charge in [-0.1, -0.05) is 13.3 Å². The van der Waals surface area contributed by atoms with Crippen LogP contribution in [0, 0.1) is 6.92 Å². The van der Waals surface area contributed by atoms with E-state index in [0.29, 0.717) is 12.1 Å². The van der Waals surface area contributed by atoms with Crippen LogP contribution in [-0.2, 0) is 0 Å². The highest BCUT2D eigenvalue weighted by molar-refractivity contribution is 9.10. The second-order valence-electron chi connectivity index (χ2n) is 5.10. The number of halogens is 1. The molecule has 0 spiro atoms. The van der Waals surface area contributed by atoms with E-state index in [0.717, 1.165) is 6.54 Å². The molecular formula is C14H23BrN2S. The van der Waals surface area contributed by atoms with E-state index in [4.69, 9.17) is 5.73 Å². The summed E-state index contributed by atoms with van der Waals surface area (Å²) in [5, 5.41) is 0. The number of likely N-dealkylation sites (tertiary alicyclic amines) is 1. The molecule has 0 radical (unpaired) electrons. The average molecular weight is 331 g/mol. The first-order valence-corrected chi connectivity index (χ1v) is 8.50. The van der Waals surface area contributed by atoms with Gasteiger partial charge >= 0.3 is 0 Å². The molecule has 1 aliphatic rings. The highest BCUT2D eigenvalue weighted by atomic mass is 79.9. The Balaban J connectivity index is 2.21. The first-order valence-electron chi connectivity index (χ1n) is 6.89. The molecule has 1 aromatic rings. The Bertz CT molecular complexity index is 372. The van der Waals surface area contributed by atoms with Gasteiger partial charge in [0.25, 0.3) is 0 Å². The highest BCUT2D eigenvalue weighted by Crippen LogP contribution is 2.36. The molecule has 102 valence electrons. The summed E-state index contributed by atoms with van der Waals surface area (Å²) in [6.07, 6.45) is 5.26. The molecule has 1 aromatic heterocycles. The van der Waals surface area contributed by atoms with Crippen molar-refractivity contribution < 1.29 is 0 Å². The zero-order valence-electron chi connectivity index (χ0n) is 11.3. The molecule has 0 aromatic carbocycles. The van der Waals surface area contributed by atoms with Gasteiger partial charge in [-0.15, -0.1) is 11.3 Å². The Morgan fingerprint density at radius 2 is 2.33 bits per heavy atom. The number of hydrogen-bond donors (Lipinski definition) is 1. The van der Waals surface area contributed by atoms with E-state index in [2.05, 4.69) is 40.7 Å². The number of thiophene rings is 1. The molecule has 2 unspecified atom stereocenters. The van der Waals surface area contributed by atoms with Gasteiger partial charge in [-0.05, 0) is 54.7 Å². The molecule has 0 aliphatic carbocycles. The van der Waals surface area contributed by atoms with Crippen LogP contribution in [0.3, 0.4) is 0 Å². The van der Waals surface area contributed by atoms with Gasteiger partial charge in [-0.25, -0.2) is 0 Å². The SMILES string of the molecule is CCC1CCCCN1C(CN)c1cc(Br)c(C)s1. The largest absolute Gasteiger partial charge is 0.329 e. The zero-order valence-corrected chi connectivity index (χ0v) is 13.7. The minimum Gasteiger partial charge on any atom is -0.329 e. The molecule has 1 saturated heterocycles. The lowest BCUT2D eigenvalue weighted by atomic mass is 9.97. The van der Waals surface area contributed by atoms with Gasteiger partial charge in [-0.3, -0.25) is 4.90 Å². The standard InChI is InChI=1S/C14H23BrN2S/c1-3-11-6-4-5-7-17(11)13(9-16)14-8-12(15)10(2)18-14/h8,11,13H,3-7,9,16H2,1-2H3. The van der Waals surface area contributed by atoms with Crippen LogP contribution in [0.4, 0.5) is 0 Å². The van der Waals surface area contributed by atoms with Gasteiger partial charge in [0.15, 0.2) is 0 Å². The van der Waals surface area contributed by atoms with Crippen LogP contribution in [0.1, 0.15) is 48.4 Å². The quantitative estimate of drug-likeness (QED) is 0.901. The smallest absolute Gasteiger partial charge is 0.0567 e. The summed E-state index contributed by atoms with van der Waals surface area (Å²) in [4.78, 5) is 5.41. The molecule has 18 heavy (non-hydrogen) atoms. The van der Waals surface area contributed by atoms with Gasteiger partial charge in [-0.2, -0.15) is 0 Å². The number of nitrogens with zero attached hydrogens (tertiary/aromatic N) is 1. The van der Waals surface area contributed by atoms with Gasteiger partial charge < -0.3 is 5.73 Å². The van der Waals surface area contributed by atoms with E-state index in [9.17, 15) is 0 Å². The van der Waals surface area contributed by atoms with Crippen LogP contribution < -0.4 is 5.73 Å². The summed E-state index contributed by atoms with van der Waals surface area (Å²) in [6.45, 7) is 6.39. The normalized spacial score (nSPS) is 23.2. The van der Waals surface area contributed by atoms with E-state index in [1.54, 1.807) is 0 Å². The van der Waals surface area contributed by atoms with Crippen molar-refractivity contribution in [1.82, 2.24) is 4.90 Å². The van der Waals surface area contributed by atoms with Gasteiger partial charge in [0.2, 0.25) is 0 Å². The first-order chi connectivity index (χ1) is 8.67. The van der Waals surface area contributed by atoms with E-state index < -0.39 is 0 Å². The van der Waals surface area contributed by atoms with Crippen molar-refractivity contribution in [1.29, 1.82) is 0 Å². The van der Waals surface area contributed by atoms with Crippen molar-refractivity contribution in [2.75, 3.05) is 13.1 Å². The fourth-order valence-electron chi connectivity index (χ4n) is 2.93. The van der Waals surface area contributed by atoms with Crippen LogP contribution in [0.5, 0.6) is 0 Å². The highest BCUT2D eigenvalue weighted by Gasteiger charge is 2.29. The van der Waals surface area contributed by atoms with Crippen LogP contribution in [0.2, 0.25) is 0 Å². The Kier molecular flexibility index (Phi) is 5.24. The third-order valence-corrected chi connectivity index (χ3v) is 6.21. The minimum absolute atomic E-state index is 0.408. The maximum atomic E-state index is 6.06. The number of aryl methyl sites for hydroxylation is 1. The summed E-state index contributed by atoms with van der Waals surface area (Å²) in [6, 6.07) is 3.39. The molecule has 0 bridgehead atoms. The van der Waals surface area contributed by atoms with E-state index >= 15 is 0 Å². The third-order valence-electron chi connectivity index (χ3n) is 3.97. The van der Waals surface area contributed by atoms with E-state index in [1.807, 2.05) is 11.3 Å². The predicted octanol–water partition coefficient (Wildman–Crippen LogP) is 4.08. The van der Waals surface area contributed by atoms with Crippen LogP contribution in [0.25, 0.3) is 0 Å². The van der Waals surface area contributed by atoms with Crippen molar-refractivity contribution in [3.05, 3.63) is 20.3 Å². The number of nitrogens with two attached hydrogens (primary N) is 1. The maximum Gasteiger partial charge on any atom is 0.0567 e. The van der Waals surface area contributed by atoms with Gasteiger partial charge in [0.05, 0.1) is 6.04 Å². The lowest BCUT2D eigenvalue weighted by Gasteiger charge is -2.40. The monoisotopic (exact) mass is 330 g/mol. The van der Waals surface area contributed by atoms with Crippen molar-refractivity contribution in [3.8, 4) is 0 Å². The molecule has 1 fully saturated rings. The Morgan fingerprint density at radius 3 is 2.89 bits per heavy atom. The molecule has 4 heteroatoms. The predicted molar refractivity (Wildman–Crippen MR) is 83.2 cm³/mol. The number of rotatable bonds is 4. The van der Waals surface area contributed by atoms with Gasteiger partial charge in [0, 0.05) is 26.8 Å². The molecular weight excluding hydrogens is 308 g/mol. The van der Waals surface area contributed by atoms with Crippen LogP contribution >= 0.6 is 27.3 Å². The summed E-state index contributed by atoms with van der Waals surface area (Å²) < 4.78 is 1.23. The Hall–Kier alpha value is 0.1000. The summed E-state index contributed by atoms with van der Waals surface area (Å²) >= 11 is 5.51. The van der Waals surface area contributed by atoms with Crippen LogP contribution in [0.15, 0.2) is 10.5 Å². The molecule has 2 nitrogen and oxygen atoms in total. The van der Waals surface area contributed by atoms with Crippen molar-refractivity contribution in [2.45, 2.75) is 51.6 Å². The Morgan fingerprint density at radius 1 is 1.56 bits per heavy atom. The second-order valence-corrected chi connectivity index (χ2v) is 7.24. The fourth-order valence-corrected chi connectivity index (χ4v) is 4.63. The molecule has 2 rings (SSSR count). The summed E-state index contributed by atoms with van der Waals surface area (Å²) in [5.74, 6) is 0. The topological polar surface area (TPSA) is 29.3 Å². The summed E-state index contributed by atoms with van der Waals surface area (Å²) in [5.41, 5.74) is 6.06. The molecule has 2 heterocycles. The minimum atomic E-state index is 0.408. The van der Waals surface area contributed by atoms with Crippen LogP contribution in [-0.4, -0.2) is 24.0 Å². The summed E-state index contributed by atoms with van der Waals surface area (Å²) in [7, 11) is 0. The zero-order chi connectivity index (χ0) is 13.1.